The maximum atomic E-state index is 11.5. The molecule has 0 bridgehead atoms. The molecule has 1 fully saturated rings. The summed E-state index contributed by atoms with van der Waals surface area (Å²) in [5.74, 6) is 2.40. The largest absolute Gasteiger partial charge is 0.493 e. The van der Waals surface area contributed by atoms with E-state index < -0.39 is 5.60 Å². The van der Waals surface area contributed by atoms with Crippen LogP contribution in [0, 0.1) is 11.8 Å². The molecule has 0 saturated carbocycles. The lowest BCUT2D eigenvalue weighted by Gasteiger charge is -2.51. The van der Waals surface area contributed by atoms with E-state index in [0.717, 1.165) is 43.9 Å². The number of nitrogens with zero attached hydrogens (tertiary/aromatic N) is 1. The molecule has 4 nitrogen and oxygen atoms in total. The number of ether oxygens (including phenoxy) is 2. The Bertz CT molecular complexity index is 675. The smallest absolute Gasteiger partial charge is 0.161 e. The van der Waals surface area contributed by atoms with Crippen LogP contribution < -0.4 is 9.47 Å². The van der Waals surface area contributed by atoms with Crippen LogP contribution in [0.4, 0.5) is 0 Å². The first-order valence-corrected chi connectivity index (χ1v) is 10.7. The molecule has 2 aliphatic heterocycles. The maximum absolute atomic E-state index is 11.5. The number of fused-ring (bicyclic) bond motifs is 3. The van der Waals surface area contributed by atoms with Crippen molar-refractivity contribution in [2.24, 2.45) is 11.8 Å². The van der Waals surface area contributed by atoms with Gasteiger partial charge in [-0.05, 0) is 58.6 Å². The van der Waals surface area contributed by atoms with Crippen LogP contribution in [0.2, 0.25) is 0 Å². The van der Waals surface area contributed by atoms with Crippen LogP contribution in [0.15, 0.2) is 22.3 Å². The van der Waals surface area contributed by atoms with Crippen LogP contribution in [0.1, 0.15) is 43.9 Å². The zero-order valence-electron chi connectivity index (χ0n) is 16.2. The molecule has 1 aromatic rings. The van der Waals surface area contributed by atoms with Gasteiger partial charge in [-0.25, -0.2) is 0 Å². The summed E-state index contributed by atoms with van der Waals surface area (Å²) in [6.07, 6.45) is 4.79. The summed E-state index contributed by atoms with van der Waals surface area (Å²) in [6, 6.07) is 4.44. The van der Waals surface area contributed by atoms with Gasteiger partial charge in [0.05, 0.1) is 19.8 Å². The highest BCUT2D eigenvalue weighted by Gasteiger charge is 2.46. The van der Waals surface area contributed by atoms with Crippen molar-refractivity contribution >= 4 is 22.6 Å². The number of hydrogen-bond donors (Lipinski definition) is 1. The molecule has 144 valence electrons. The quantitative estimate of drug-likeness (QED) is 0.649. The number of hydrogen-bond acceptors (Lipinski definition) is 4. The van der Waals surface area contributed by atoms with Gasteiger partial charge in [-0.3, -0.25) is 4.90 Å². The average Bonchev–Trinajstić information content (AvgIpc) is 2.61. The topological polar surface area (TPSA) is 41.9 Å². The van der Waals surface area contributed by atoms with Gasteiger partial charge in [0.25, 0.3) is 0 Å². The predicted molar refractivity (Wildman–Crippen MR) is 113 cm³/mol. The number of halogens is 1. The number of methoxy groups -OCH3 is 2. The molecule has 3 rings (SSSR count). The van der Waals surface area contributed by atoms with E-state index in [2.05, 4.69) is 53.5 Å². The maximum Gasteiger partial charge on any atom is 0.161 e. The van der Waals surface area contributed by atoms with Gasteiger partial charge in [0, 0.05) is 25.0 Å². The molecule has 2 aliphatic rings. The minimum Gasteiger partial charge on any atom is -0.493 e. The van der Waals surface area contributed by atoms with E-state index in [1.807, 2.05) is 10.2 Å². The molecule has 0 aliphatic carbocycles. The Kier molecular flexibility index (Phi) is 6.19. The first-order valence-electron chi connectivity index (χ1n) is 9.41. The van der Waals surface area contributed by atoms with Gasteiger partial charge >= 0.3 is 0 Å². The summed E-state index contributed by atoms with van der Waals surface area (Å²) in [7, 11) is 3.36. The Morgan fingerprint density at radius 2 is 2.00 bits per heavy atom. The summed E-state index contributed by atoms with van der Waals surface area (Å²) in [5, 5.41) is 11.5. The van der Waals surface area contributed by atoms with Crippen LogP contribution >= 0.6 is 22.6 Å². The highest BCUT2D eigenvalue weighted by molar-refractivity contribution is 14.1. The molecule has 26 heavy (non-hydrogen) atoms. The van der Waals surface area contributed by atoms with Crippen LogP contribution in [-0.2, 0) is 6.42 Å². The van der Waals surface area contributed by atoms with E-state index in [1.165, 1.54) is 11.1 Å². The first kappa shape index (κ1) is 20.0. The number of aliphatic hydroxyl groups is 1. The first-order chi connectivity index (χ1) is 12.4. The van der Waals surface area contributed by atoms with Gasteiger partial charge in [-0.15, -0.1) is 0 Å². The fourth-order valence-corrected chi connectivity index (χ4v) is 5.24. The molecule has 2 heterocycles. The predicted octanol–water partition coefficient (Wildman–Crippen LogP) is 4.35. The molecular weight excluding hydrogens is 441 g/mol. The zero-order valence-corrected chi connectivity index (χ0v) is 18.3. The third kappa shape index (κ3) is 3.76. The Morgan fingerprint density at radius 3 is 2.62 bits per heavy atom. The summed E-state index contributed by atoms with van der Waals surface area (Å²) in [6.45, 7) is 6.45. The summed E-state index contributed by atoms with van der Waals surface area (Å²) >= 11 is 2.22. The molecule has 5 heteroatoms. The molecule has 0 amide bonds. The van der Waals surface area contributed by atoms with Gasteiger partial charge in [-0.2, -0.15) is 0 Å². The van der Waals surface area contributed by atoms with Crippen LogP contribution in [-0.4, -0.2) is 42.9 Å². The van der Waals surface area contributed by atoms with Gasteiger partial charge in [0.1, 0.15) is 0 Å². The van der Waals surface area contributed by atoms with Crippen LogP contribution in [0.5, 0.6) is 11.5 Å². The van der Waals surface area contributed by atoms with E-state index in [9.17, 15) is 5.11 Å². The second kappa shape index (κ2) is 8.07. The highest BCUT2D eigenvalue weighted by atomic mass is 127. The minimum absolute atomic E-state index is 0.222. The lowest BCUT2D eigenvalue weighted by molar-refractivity contribution is -0.0711. The van der Waals surface area contributed by atoms with Crippen molar-refractivity contribution in [3.05, 3.63) is 33.4 Å². The number of piperidine rings is 1. The van der Waals surface area contributed by atoms with Gasteiger partial charge in [0.2, 0.25) is 0 Å². The second-order valence-electron chi connectivity index (χ2n) is 7.98. The average molecular weight is 471 g/mol. The van der Waals surface area contributed by atoms with Crippen LogP contribution in [0.3, 0.4) is 0 Å². The highest BCUT2D eigenvalue weighted by Crippen LogP contribution is 2.47. The monoisotopic (exact) mass is 471 g/mol. The summed E-state index contributed by atoms with van der Waals surface area (Å²) < 4.78 is 13.0. The van der Waals surface area contributed by atoms with Crippen molar-refractivity contribution in [1.82, 2.24) is 4.90 Å². The molecule has 3 atom stereocenters. The fraction of sp³-hybridized carbons (Fsp3) is 0.619. The molecule has 1 saturated heterocycles. The van der Waals surface area contributed by atoms with E-state index in [1.54, 1.807) is 14.2 Å². The van der Waals surface area contributed by atoms with Crippen molar-refractivity contribution in [3.63, 3.8) is 0 Å². The minimum atomic E-state index is -0.756. The van der Waals surface area contributed by atoms with Crippen molar-refractivity contribution in [1.29, 1.82) is 0 Å². The Morgan fingerprint density at radius 1 is 1.31 bits per heavy atom. The number of rotatable bonds is 5. The Labute approximate surface area is 170 Å². The summed E-state index contributed by atoms with van der Waals surface area (Å²) in [5.41, 5.74) is 1.83. The van der Waals surface area contributed by atoms with E-state index in [0.29, 0.717) is 5.92 Å². The van der Waals surface area contributed by atoms with Gasteiger partial charge < -0.3 is 14.6 Å². The summed E-state index contributed by atoms with van der Waals surface area (Å²) in [4.78, 5) is 2.55. The Hall–Kier alpha value is -0.790. The third-order valence-electron chi connectivity index (χ3n) is 5.90. The second-order valence-corrected chi connectivity index (χ2v) is 8.70. The van der Waals surface area contributed by atoms with E-state index in [-0.39, 0.29) is 12.0 Å². The van der Waals surface area contributed by atoms with Crippen molar-refractivity contribution in [2.45, 2.75) is 44.8 Å². The van der Waals surface area contributed by atoms with Crippen molar-refractivity contribution < 1.29 is 14.6 Å². The Balaban J connectivity index is 1.98. The van der Waals surface area contributed by atoms with E-state index in [4.69, 9.17) is 9.47 Å². The van der Waals surface area contributed by atoms with Gasteiger partial charge in [-0.1, -0.05) is 36.4 Å². The molecule has 1 aromatic carbocycles. The molecule has 0 aromatic heterocycles. The van der Waals surface area contributed by atoms with E-state index >= 15 is 0 Å². The molecular formula is C21H30INO3. The molecule has 0 spiro atoms. The van der Waals surface area contributed by atoms with Crippen molar-refractivity contribution in [2.75, 3.05) is 27.3 Å². The standard InChI is InChI=1S/C21H30INO3/c1-14(2)9-16-13-23-8-5-15-10-19(25-3)20(26-4)11-17(15)18(23)12-21(16,24)6-7-22/h6-7,10-11,14,16,18,24H,5,8-9,12-13H2,1-4H3/b7-6+. The zero-order chi connectivity index (χ0) is 18.9. The van der Waals surface area contributed by atoms with Gasteiger partial charge in [0.15, 0.2) is 11.5 Å². The SMILES string of the molecule is COc1cc2c(cc1OC)C1CC(O)(/C=C/I)C(CC(C)C)CN1CC2. The van der Waals surface area contributed by atoms with Crippen LogP contribution in [0.25, 0.3) is 0 Å². The van der Waals surface area contributed by atoms with Crippen molar-refractivity contribution in [3.8, 4) is 11.5 Å². The molecule has 3 unspecified atom stereocenters. The molecule has 0 radical (unpaired) electrons. The fourth-order valence-electron chi connectivity index (χ4n) is 4.62. The molecule has 1 N–H and O–H groups in total. The normalized spacial score (nSPS) is 28.9. The lowest BCUT2D eigenvalue weighted by atomic mass is 9.71. The third-order valence-corrected chi connectivity index (χ3v) is 6.26. The lowest BCUT2D eigenvalue weighted by Crippen LogP contribution is -2.54. The number of benzene rings is 1.